The Kier molecular flexibility index (Phi) is 5.78. The minimum absolute atomic E-state index is 0.173. The Morgan fingerprint density at radius 2 is 2.17 bits per heavy atom. The van der Waals surface area contributed by atoms with Crippen molar-refractivity contribution < 1.29 is 14.3 Å². The van der Waals surface area contributed by atoms with Crippen molar-refractivity contribution in [1.82, 2.24) is 4.90 Å². The molecule has 0 aliphatic rings. The first kappa shape index (κ1) is 14.6. The van der Waals surface area contributed by atoms with Crippen LogP contribution in [-0.2, 0) is 11.3 Å². The third kappa shape index (κ3) is 5.27. The van der Waals surface area contributed by atoms with E-state index in [2.05, 4.69) is 18.7 Å². The van der Waals surface area contributed by atoms with Crippen LogP contribution in [-0.4, -0.2) is 28.6 Å². The van der Waals surface area contributed by atoms with Gasteiger partial charge in [0.2, 0.25) is 0 Å². The van der Waals surface area contributed by atoms with Gasteiger partial charge in [-0.15, -0.1) is 0 Å². The lowest BCUT2D eigenvalue weighted by Crippen LogP contribution is -2.31. The Morgan fingerprint density at radius 3 is 2.72 bits per heavy atom. The summed E-state index contributed by atoms with van der Waals surface area (Å²) in [7, 11) is 0. The molecule has 1 aromatic rings. The van der Waals surface area contributed by atoms with E-state index in [0.29, 0.717) is 25.6 Å². The topological polar surface area (TPSA) is 40.5 Å². The fraction of sp³-hybridized carbons (Fsp3) is 0.500. The molecule has 4 heteroatoms. The summed E-state index contributed by atoms with van der Waals surface area (Å²) in [6.45, 7) is 5.47. The molecule has 0 aliphatic heterocycles. The molecule has 0 amide bonds. The SMILES string of the molecule is CC(C)N(CCCC(=O)O)Cc1cccc(F)c1. The molecule has 0 bridgehead atoms. The van der Waals surface area contributed by atoms with E-state index < -0.39 is 5.97 Å². The van der Waals surface area contributed by atoms with E-state index >= 15 is 0 Å². The van der Waals surface area contributed by atoms with Crippen molar-refractivity contribution in [3.63, 3.8) is 0 Å². The van der Waals surface area contributed by atoms with Crippen molar-refractivity contribution in [2.24, 2.45) is 0 Å². The number of halogens is 1. The van der Waals surface area contributed by atoms with Gasteiger partial charge in [0.1, 0.15) is 5.82 Å². The van der Waals surface area contributed by atoms with Crippen LogP contribution >= 0.6 is 0 Å². The second-order valence-corrected chi connectivity index (χ2v) is 4.69. The summed E-state index contributed by atoms with van der Waals surface area (Å²) in [5.74, 6) is -1.01. The lowest BCUT2D eigenvalue weighted by molar-refractivity contribution is -0.137. The molecular formula is C14H20FNO2. The van der Waals surface area contributed by atoms with Crippen LogP contribution < -0.4 is 0 Å². The Hall–Kier alpha value is -1.42. The number of aliphatic carboxylic acids is 1. The van der Waals surface area contributed by atoms with Gasteiger partial charge in [-0.25, -0.2) is 4.39 Å². The maximum Gasteiger partial charge on any atom is 0.303 e. The number of benzene rings is 1. The lowest BCUT2D eigenvalue weighted by Gasteiger charge is -2.26. The van der Waals surface area contributed by atoms with Crippen LogP contribution in [0.1, 0.15) is 32.3 Å². The molecule has 0 spiro atoms. The first-order chi connectivity index (χ1) is 8.49. The largest absolute Gasteiger partial charge is 0.481 e. The van der Waals surface area contributed by atoms with Crippen LogP contribution in [0.5, 0.6) is 0 Å². The summed E-state index contributed by atoms with van der Waals surface area (Å²) in [6.07, 6.45) is 0.787. The van der Waals surface area contributed by atoms with Gasteiger partial charge in [0.15, 0.2) is 0 Å². The van der Waals surface area contributed by atoms with Crippen LogP contribution in [0.25, 0.3) is 0 Å². The number of hydrogen-bond acceptors (Lipinski definition) is 2. The fourth-order valence-electron chi connectivity index (χ4n) is 1.82. The van der Waals surface area contributed by atoms with Crippen LogP contribution in [0.15, 0.2) is 24.3 Å². The van der Waals surface area contributed by atoms with E-state index in [1.165, 1.54) is 12.1 Å². The van der Waals surface area contributed by atoms with Gasteiger partial charge in [-0.1, -0.05) is 12.1 Å². The highest BCUT2D eigenvalue weighted by Gasteiger charge is 2.11. The number of carbonyl (C=O) groups is 1. The fourth-order valence-corrected chi connectivity index (χ4v) is 1.82. The zero-order valence-corrected chi connectivity index (χ0v) is 10.9. The van der Waals surface area contributed by atoms with Crippen LogP contribution in [0.4, 0.5) is 4.39 Å². The highest BCUT2D eigenvalue weighted by molar-refractivity contribution is 5.66. The lowest BCUT2D eigenvalue weighted by atomic mass is 10.1. The van der Waals surface area contributed by atoms with E-state index in [4.69, 9.17) is 5.11 Å². The number of hydrogen-bond donors (Lipinski definition) is 1. The molecule has 3 nitrogen and oxygen atoms in total. The Labute approximate surface area is 107 Å². The summed E-state index contributed by atoms with van der Waals surface area (Å²) in [4.78, 5) is 12.6. The smallest absolute Gasteiger partial charge is 0.303 e. The number of carboxylic acid groups (broad SMARTS) is 1. The standard InChI is InChI=1S/C14H20FNO2/c1-11(2)16(8-4-7-14(17)18)10-12-5-3-6-13(15)9-12/h3,5-6,9,11H,4,7-8,10H2,1-2H3,(H,17,18). The first-order valence-electron chi connectivity index (χ1n) is 6.19. The zero-order chi connectivity index (χ0) is 13.5. The maximum absolute atomic E-state index is 13.1. The molecule has 18 heavy (non-hydrogen) atoms. The Morgan fingerprint density at radius 1 is 1.44 bits per heavy atom. The molecule has 0 aromatic heterocycles. The van der Waals surface area contributed by atoms with Crippen molar-refractivity contribution in [2.75, 3.05) is 6.54 Å². The van der Waals surface area contributed by atoms with Crippen molar-refractivity contribution in [3.8, 4) is 0 Å². The minimum atomic E-state index is -0.774. The van der Waals surface area contributed by atoms with E-state index in [-0.39, 0.29) is 12.2 Å². The summed E-state index contributed by atoms with van der Waals surface area (Å²) in [5, 5.41) is 8.62. The van der Waals surface area contributed by atoms with Gasteiger partial charge in [0.25, 0.3) is 0 Å². The highest BCUT2D eigenvalue weighted by atomic mass is 19.1. The summed E-state index contributed by atoms with van der Waals surface area (Å²) in [6, 6.07) is 6.83. The number of nitrogens with zero attached hydrogens (tertiary/aromatic N) is 1. The van der Waals surface area contributed by atoms with E-state index in [1.54, 1.807) is 6.07 Å². The van der Waals surface area contributed by atoms with Gasteiger partial charge in [0.05, 0.1) is 0 Å². The second-order valence-electron chi connectivity index (χ2n) is 4.69. The van der Waals surface area contributed by atoms with Crippen LogP contribution in [0.2, 0.25) is 0 Å². The molecule has 0 fully saturated rings. The van der Waals surface area contributed by atoms with Gasteiger partial charge in [-0.05, 0) is 44.5 Å². The molecule has 0 saturated carbocycles. The zero-order valence-electron chi connectivity index (χ0n) is 10.9. The molecule has 0 aliphatic carbocycles. The quantitative estimate of drug-likeness (QED) is 0.812. The van der Waals surface area contributed by atoms with Crippen molar-refractivity contribution >= 4 is 5.97 Å². The summed E-state index contributed by atoms with van der Waals surface area (Å²) < 4.78 is 13.1. The first-order valence-corrected chi connectivity index (χ1v) is 6.19. The van der Waals surface area contributed by atoms with Crippen molar-refractivity contribution in [1.29, 1.82) is 0 Å². The molecule has 100 valence electrons. The average molecular weight is 253 g/mol. The average Bonchev–Trinajstić information content (AvgIpc) is 2.27. The normalized spacial score (nSPS) is 11.2. The molecule has 1 rings (SSSR count). The number of rotatable bonds is 7. The van der Waals surface area contributed by atoms with Gasteiger partial charge >= 0.3 is 5.97 Å². The van der Waals surface area contributed by atoms with E-state index in [0.717, 1.165) is 5.56 Å². The molecule has 0 radical (unpaired) electrons. The van der Waals surface area contributed by atoms with E-state index in [1.807, 2.05) is 6.07 Å². The molecular weight excluding hydrogens is 233 g/mol. The van der Waals surface area contributed by atoms with Crippen molar-refractivity contribution in [2.45, 2.75) is 39.3 Å². The monoisotopic (exact) mass is 253 g/mol. The van der Waals surface area contributed by atoms with E-state index in [9.17, 15) is 9.18 Å². The minimum Gasteiger partial charge on any atom is -0.481 e. The van der Waals surface area contributed by atoms with Crippen LogP contribution in [0, 0.1) is 5.82 Å². The van der Waals surface area contributed by atoms with Crippen molar-refractivity contribution in [3.05, 3.63) is 35.6 Å². The highest BCUT2D eigenvalue weighted by Crippen LogP contribution is 2.11. The van der Waals surface area contributed by atoms with Gasteiger partial charge < -0.3 is 5.11 Å². The van der Waals surface area contributed by atoms with Crippen LogP contribution in [0.3, 0.4) is 0 Å². The molecule has 0 atom stereocenters. The van der Waals surface area contributed by atoms with Gasteiger partial charge in [-0.3, -0.25) is 9.69 Å². The van der Waals surface area contributed by atoms with Gasteiger partial charge in [0, 0.05) is 19.0 Å². The predicted octanol–water partition coefficient (Wildman–Crippen LogP) is 2.90. The molecule has 1 N–H and O–H groups in total. The molecule has 0 saturated heterocycles. The molecule has 0 heterocycles. The maximum atomic E-state index is 13.1. The predicted molar refractivity (Wildman–Crippen MR) is 68.8 cm³/mol. The Bertz CT molecular complexity index is 393. The molecule has 0 unspecified atom stereocenters. The Balaban J connectivity index is 2.54. The summed E-state index contributed by atoms with van der Waals surface area (Å²) in [5.41, 5.74) is 0.916. The number of carboxylic acids is 1. The second kappa shape index (κ2) is 7.11. The third-order valence-corrected chi connectivity index (χ3v) is 2.84. The third-order valence-electron chi connectivity index (χ3n) is 2.84. The summed E-state index contributed by atoms with van der Waals surface area (Å²) >= 11 is 0. The van der Waals surface area contributed by atoms with Gasteiger partial charge in [-0.2, -0.15) is 0 Å². The molecule has 1 aromatic carbocycles.